The first-order valence-electron chi connectivity index (χ1n) is 7.38. The predicted molar refractivity (Wildman–Crippen MR) is 89.4 cm³/mol. The Balaban J connectivity index is 1.67. The number of benzene rings is 1. The molecule has 0 atom stereocenters. The van der Waals surface area contributed by atoms with E-state index in [4.69, 9.17) is 4.74 Å². The van der Waals surface area contributed by atoms with E-state index in [1.807, 2.05) is 12.1 Å². The molecule has 1 aromatic carbocycles. The van der Waals surface area contributed by atoms with Crippen LogP contribution in [0.25, 0.3) is 5.57 Å². The minimum atomic E-state index is -0.0374. The minimum Gasteiger partial charge on any atom is -0.508 e. The Morgan fingerprint density at radius 1 is 1.39 bits per heavy atom. The van der Waals surface area contributed by atoms with E-state index in [1.54, 1.807) is 29.5 Å². The molecule has 1 aromatic heterocycles. The van der Waals surface area contributed by atoms with Crippen molar-refractivity contribution in [2.45, 2.75) is 13.0 Å². The SMILES string of the molecule is COCc1nc(C(=O)N2CC=C(c3ccc(O)cc3)CC2)cs1. The summed E-state index contributed by atoms with van der Waals surface area (Å²) in [5.41, 5.74) is 2.78. The summed E-state index contributed by atoms with van der Waals surface area (Å²) >= 11 is 1.44. The number of aromatic nitrogens is 1. The zero-order chi connectivity index (χ0) is 16.2. The van der Waals surface area contributed by atoms with Crippen molar-refractivity contribution in [2.75, 3.05) is 20.2 Å². The number of amides is 1. The number of phenolic OH excluding ortho intramolecular Hbond substituents is 1. The fourth-order valence-electron chi connectivity index (χ4n) is 2.55. The van der Waals surface area contributed by atoms with Gasteiger partial charge in [-0.25, -0.2) is 4.98 Å². The maximum atomic E-state index is 12.5. The second-order valence-corrected chi connectivity index (χ2v) is 6.28. The zero-order valence-corrected chi connectivity index (χ0v) is 13.7. The molecule has 5 nitrogen and oxygen atoms in total. The minimum absolute atomic E-state index is 0.0374. The molecule has 6 heteroatoms. The maximum absolute atomic E-state index is 12.5. The largest absolute Gasteiger partial charge is 0.508 e. The zero-order valence-electron chi connectivity index (χ0n) is 12.9. The number of rotatable bonds is 4. The van der Waals surface area contributed by atoms with Crippen molar-refractivity contribution in [3.8, 4) is 5.75 Å². The number of methoxy groups -OCH3 is 1. The lowest BCUT2D eigenvalue weighted by Gasteiger charge is -2.26. The number of nitrogens with zero attached hydrogens (tertiary/aromatic N) is 2. The summed E-state index contributed by atoms with van der Waals surface area (Å²) in [5, 5.41) is 11.9. The molecule has 2 aromatic rings. The molecule has 0 bridgehead atoms. The van der Waals surface area contributed by atoms with Crippen LogP contribution in [-0.2, 0) is 11.3 Å². The second kappa shape index (κ2) is 6.93. The van der Waals surface area contributed by atoms with Gasteiger partial charge in [-0.05, 0) is 29.7 Å². The fourth-order valence-corrected chi connectivity index (χ4v) is 3.29. The fraction of sp³-hybridized carbons (Fsp3) is 0.294. The Morgan fingerprint density at radius 2 is 2.17 bits per heavy atom. The highest BCUT2D eigenvalue weighted by molar-refractivity contribution is 7.09. The van der Waals surface area contributed by atoms with E-state index in [2.05, 4.69) is 11.1 Å². The molecule has 23 heavy (non-hydrogen) atoms. The van der Waals surface area contributed by atoms with Crippen molar-refractivity contribution in [2.24, 2.45) is 0 Å². The molecule has 0 saturated carbocycles. The first-order chi connectivity index (χ1) is 11.2. The smallest absolute Gasteiger partial charge is 0.273 e. The van der Waals surface area contributed by atoms with Gasteiger partial charge in [0, 0.05) is 25.6 Å². The number of hydrogen-bond acceptors (Lipinski definition) is 5. The van der Waals surface area contributed by atoms with Crippen molar-refractivity contribution < 1.29 is 14.6 Å². The van der Waals surface area contributed by atoms with Gasteiger partial charge >= 0.3 is 0 Å². The van der Waals surface area contributed by atoms with Crippen LogP contribution in [0.2, 0.25) is 0 Å². The number of ether oxygens (including phenoxy) is 1. The Labute approximate surface area is 138 Å². The van der Waals surface area contributed by atoms with E-state index in [0.29, 0.717) is 25.4 Å². The molecular formula is C17H18N2O3S. The number of hydrogen-bond donors (Lipinski definition) is 1. The highest BCUT2D eigenvalue weighted by atomic mass is 32.1. The maximum Gasteiger partial charge on any atom is 0.273 e. The normalized spacial score (nSPS) is 14.7. The van der Waals surface area contributed by atoms with Crippen LogP contribution in [0.3, 0.4) is 0 Å². The Kier molecular flexibility index (Phi) is 4.73. The lowest BCUT2D eigenvalue weighted by molar-refractivity contribution is 0.0767. The summed E-state index contributed by atoms with van der Waals surface area (Å²) < 4.78 is 5.03. The summed E-state index contributed by atoms with van der Waals surface area (Å²) in [6, 6.07) is 7.16. The van der Waals surface area contributed by atoms with E-state index >= 15 is 0 Å². The number of carbonyl (C=O) groups excluding carboxylic acids is 1. The lowest BCUT2D eigenvalue weighted by atomic mass is 9.99. The molecular weight excluding hydrogens is 312 g/mol. The summed E-state index contributed by atoms with van der Waals surface area (Å²) in [6.07, 6.45) is 2.86. The van der Waals surface area contributed by atoms with Gasteiger partial charge in [-0.1, -0.05) is 18.2 Å². The van der Waals surface area contributed by atoms with Gasteiger partial charge in [0.05, 0.1) is 6.61 Å². The van der Waals surface area contributed by atoms with Crippen LogP contribution in [0.15, 0.2) is 35.7 Å². The third-order valence-electron chi connectivity index (χ3n) is 3.77. The van der Waals surface area contributed by atoms with Crippen molar-refractivity contribution >= 4 is 22.8 Å². The summed E-state index contributed by atoms with van der Waals surface area (Å²) in [6.45, 7) is 1.68. The first-order valence-corrected chi connectivity index (χ1v) is 8.26. The monoisotopic (exact) mass is 330 g/mol. The number of thiazole rings is 1. The van der Waals surface area contributed by atoms with E-state index in [-0.39, 0.29) is 11.7 Å². The molecule has 0 spiro atoms. The number of phenols is 1. The third-order valence-corrected chi connectivity index (χ3v) is 4.60. The Bertz CT molecular complexity index is 722. The average molecular weight is 330 g/mol. The van der Waals surface area contributed by atoms with Gasteiger partial charge in [-0.15, -0.1) is 11.3 Å². The molecule has 120 valence electrons. The van der Waals surface area contributed by atoms with Gasteiger partial charge in [0.2, 0.25) is 0 Å². The van der Waals surface area contributed by atoms with Gasteiger partial charge in [-0.3, -0.25) is 4.79 Å². The second-order valence-electron chi connectivity index (χ2n) is 5.34. The number of carbonyl (C=O) groups is 1. The quantitative estimate of drug-likeness (QED) is 0.936. The Morgan fingerprint density at radius 3 is 2.83 bits per heavy atom. The van der Waals surface area contributed by atoms with Crippen LogP contribution in [0, 0.1) is 0 Å². The molecule has 0 saturated heterocycles. The topological polar surface area (TPSA) is 62.7 Å². The van der Waals surface area contributed by atoms with Gasteiger partial charge in [-0.2, -0.15) is 0 Å². The van der Waals surface area contributed by atoms with Crippen LogP contribution >= 0.6 is 11.3 Å². The predicted octanol–water partition coefficient (Wildman–Crippen LogP) is 2.92. The molecule has 1 N–H and O–H groups in total. The van der Waals surface area contributed by atoms with Crippen LogP contribution in [0.1, 0.15) is 27.5 Å². The van der Waals surface area contributed by atoms with Crippen LogP contribution in [0.5, 0.6) is 5.75 Å². The summed E-state index contributed by atoms with van der Waals surface area (Å²) in [4.78, 5) is 18.6. The highest BCUT2D eigenvalue weighted by Gasteiger charge is 2.21. The van der Waals surface area contributed by atoms with E-state index in [0.717, 1.165) is 17.0 Å². The van der Waals surface area contributed by atoms with E-state index in [1.165, 1.54) is 16.9 Å². The average Bonchev–Trinajstić information content (AvgIpc) is 3.04. The molecule has 2 heterocycles. The highest BCUT2D eigenvalue weighted by Crippen LogP contribution is 2.25. The van der Waals surface area contributed by atoms with Crippen molar-refractivity contribution in [3.05, 3.63) is 52.0 Å². The van der Waals surface area contributed by atoms with E-state index in [9.17, 15) is 9.90 Å². The Hall–Kier alpha value is -2.18. The molecule has 0 fully saturated rings. The molecule has 1 aliphatic heterocycles. The molecule has 0 aliphatic carbocycles. The van der Waals surface area contributed by atoms with Gasteiger partial charge < -0.3 is 14.7 Å². The standard InChI is InChI=1S/C17H18N2O3S/c1-22-10-16-18-15(11-23-16)17(21)19-8-6-13(7-9-19)12-2-4-14(20)5-3-12/h2-6,11,20H,7-10H2,1H3. The van der Waals surface area contributed by atoms with E-state index < -0.39 is 0 Å². The lowest BCUT2D eigenvalue weighted by Crippen LogP contribution is -2.34. The van der Waals surface area contributed by atoms with Crippen LogP contribution in [0.4, 0.5) is 0 Å². The summed E-state index contributed by atoms with van der Waals surface area (Å²) in [7, 11) is 1.61. The van der Waals surface area contributed by atoms with Crippen molar-refractivity contribution in [1.82, 2.24) is 9.88 Å². The first kappa shape index (κ1) is 15.7. The third kappa shape index (κ3) is 3.60. The number of aromatic hydroxyl groups is 1. The molecule has 1 amide bonds. The summed E-state index contributed by atoms with van der Waals surface area (Å²) in [5.74, 6) is 0.224. The van der Waals surface area contributed by atoms with Gasteiger partial charge in [0.15, 0.2) is 0 Å². The van der Waals surface area contributed by atoms with Crippen LogP contribution in [-0.4, -0.2) is 41.1 Å². The van der Waals surface area contributed by atoms with Crippen LogP contribution < -0.4 is 0 Å². The van der Waals surface area contributed by atoms with Crippen molar-refractivity contribution in [3.63, 3.8) is 0 Å². The molecule has 3 rings (SSSR count). The van der Waals surface area contributed by atoms with Crippen molar-refractivity contribution in [1.29, 1.82) is 0 Å². The van der Waals surface area contributed by atoms with Gasteiger partial charge in [0.25, 0.3) is 5.91 Å². The molecule has 1 aliphatic rings. The van der Waals surface area contributed by atoms with Gasteiger partial charge in [0.1, 0.15) is 16.5 Å². The molecule has 0 unspecified atom stereocenters. The molecule has 0 radical (unpaired) electrons.